The van der Waals surface area contributed by atoms with Crippen LogP contribution >= 0.6 is 11.6 Å². The molecular formula is C20H18ClNO2. The standard InChI is InChI=1S/C20H18ClNO2/c1-11-5-10-16(21)17-14-3-2-4-15(14)19(22-18(11)17)12-6-8-13(9-7-12)20(23)24/h2-3,5-10,14-15,19,22H,4H2,1H3,(H,23,24)/t14-,15+,19?/m1/s1. The predicted octanol–water partition coefficient (Wildman–Crippen LogP) is 5.17. The molecule has 24 heavy (non-hydrogen) atoms. The van der Waals surface area contributed by atoms with Gasteiger partial charge in [-0.1, -0.05) is 42.0 Å². The Kier molecular flexibility index (Phi) is 3.61. The molecule has 122 valence electrons. The third-order valence-electron chi connectivity index (χ3n) is 5.19. The lowest BCUT2D eigenvalue weighted by atomic mass is 9.76. The smallest absolute Gasteiger partial charge is 0.335 e. The van der Waals surface area contributed by atoms with Gasteiger partial charge in [-0.3, -0.25) is 0 Å². The van der Waals surface area contributed by atoms with E-state index in [1.807, 2.05) is 24.3 Å². The Morgan fingerprint density at radius 1 is 1.21 bits per heavy atom. The zero-order valence-corrected chi connectivity index (χ0v) is 14.0. The summed E-state index contributed by atoms with van der Waals surface area (Å²) in [6.07, 6.45) is 5.48. The lowest BCUT2D eigenvalue weighted by Gasteiger charge is -2.38. The van der Waals surface area contributed by atoms with E-state index in [0.29, 0.717) is 17.4 Å². The molecular weight excluding hydrogens is 322 g/mol. The lowest BCUT2D eigenvalue weighted by molar-refractivity contribution is 0.0697. The van der Waals surface area contributed by atoms with E-state index < -0.39 is 5.97 Å². The second-order valence-corrected chi connectivity index (χ2v) is 6.96. The van der Waals surface area contributed by atoms with Gasteiger partial charge in [0.2, 0.25) is 0 Å². The molecule has 2 aromatic carbocycles. The van der Waals surface area contributed by atoms with Crippen molar-refractivity contribution in [1.29, 1.82) is 0 Å². The molecule has 0 amide bonds. The number of halogens is 1. The van der Waals surface area contributed by atoms with Gasteiger partial charge in [0.05, 0.1) is 11.6 Å². The molecule has 1 heterocycles. The summed E-state index contributed by atoms with van der Waals surface area (Å²) >= 11 is 6.49. The molecule has 1 aliphatic heterocycles. The number of hydrogen-bond donors (Lipinski definition) is 2. The third kappa shape index (κ3) is 2.31. The average molecular weight is 340 g/mol. The molecule has 0 fully saturated rings. The van der Waals surface area contributed by atoms with Gasteiger partial charge < -0.3 is 10.4 Å². The van der Waals surface area contributed by atoms with Gasteiger partial charge in [-0.25, -0.2) is 4.79 Å². The fourth-order valence-electron chi connectivity index (χ4n) is 3.97. The second-order valence-electron chi connectivity index (χ2n) is 6.56. The Hall–Kier alpha value is -2.26. The third-order valence-corrected chi connectivity index (χ3v) is 5.52. The predicted molar refractivity (Wildman–Crippen MR) is 95.9 cm³/mol. The minimum atomic E-state index is -0.897. The van der Waals surface area contributed by atoms with Gasteiger partial charge in [0, 0.05) is 22.2 Å². The molecule has 0 saturated carbocycles. The number of allylic oxidation sites excluding steroid dienone is 2. The van der Waals surface area contributed by atoms with Crippen LogP contribution in [0, 0.1) is 12.8 Å². The van der Waals surface area contributed by atoms with E-state index in [9.17, 15) is 4.79 Å². The van der Waals surface area contributed by atoms with Gasteiger partial charge in [0.1, 0.15) is 0 Å². The van der Waals surface area contributed by atoms with Crippen LogP contribution in [0.5, 0.6) is 0 Å². The highest BCUT2D eigenvalue weighted by atomic mass is 35.5. The Morgan fingerprint density at radius 3 is 2.67 bits per heavy atom. The van der Waals surface area contributed by atoms with Crippen LogP contribution in [-0.4, -0.2) is 11.1 Å². The van der Waals surface area contributed by atoms with Crippen molar-refractivity contribution >= 4 is 23.3 Å². The summed E-state index contributed by atoms with van der Waals surface area (Å²) in [5, 5.41) is 13.6. The summed E-state index contributed by atoms with van der Waals surface area (Å²) in [7, 11) is 0. The minimum absolute atomic E-state index is 0.150. The minimum Gasteiger partial charge on any atom is -0.478 e. The second kappa shape index (κ2) is 5.67. The molecule has 0 aromatic heterocycles. The molecule has 0 spiro atoms. The van der Waals surface area contributed by atoms with E-state index >= 15 is 0 Å². The molecule has 3 nitrogen and oxygen atoms in total. The van der Waals surface area contributed by atoms with Crippen molar-refractivity contribution in [3.8, 4) is 0 Å². The average Bonchev–Trinajstić information content (AvgIpc) is 3.07. The fourth-order valence-corrected chi connectivity index (χ4v) is 4.26. The van der Waals surface area contributed by atoms with E-state index in [4.69, 9.17) is 16.7 Å². The van der Waals surface area contributed by atoms with E-state index in [2.05, 4.69) is 24.4 Å². The molecule has 4 rings (SSSR count). The van der Waals surface area contributed by atoms with Crippen LogP contribution in [0.15, 0.2) is 48.6 Å². The fraction of sp³-hybridized carbons (Fsp3) is 0.250. The number of carboxylic acid groups (broad SMARTS) is 1. The summed E-state index contributed by atoms with van der Waals surface area (Å²) in [6, 6.07) is 11.4. The maximum Gasteiger partial charge on any atom is 0.335 e. The topological polar surface area (TPSA) is 49.3 Å². The highest BCUT2D eigenvalue weighted by molar-refractivity contribution is 6.32. The van der Waals surface area contributed by atoms with Crippen molar-refractivity contribution in [1.82, 2.24) is 0 Å². The Morgan fingerprint density at radius 2 is 1.96 bits per heavy atom. The highest BCUT2D eigenvalue weighted by Gasteiger charge is 2.39. The molecule has 4 heteroatoms. The Bertz CT molecular complexity index is 841. The van der Waals surface area contributed by atoms with Crippen molar-refractivity contribution in [2.45, 2.75) is 25.3 Å². The SMILES string of the molecule is Cc1ccc(Cl)c2c1NC(c1ccc(C(=O)O)cc1)[C@H]1CC=C[C@@H]21. The Balaban J connectivity index is 1.78. The summed E-state index contributed by atoms with van der Waals surface area (Å²) < 4.78 is 0. The first-order valence-electron chi connectivity index (χ1n) is 8.11. The van der Waals surface area contributed by atoms with Gasteiger partial charge in [-0.05, 0) is 48.6 Å². The lowest BCUT2D eigenvalue weighted by Crippen LogP contribution is -2.29. The molecule has 2 aromatic rings. The number of anilines is 1. The van der Waals surface area contributed by atoms with Crippen molar-refractivity contribution in [3.05, 3.63) is 75.8 Å². The van der Waals surface area contributed by atoms with Crippen LogP contribution in [0.1, 0.15) is 45.4 Å². The molecule has 1 unspecified atom stereocenters. The summed E-state index contributed by atoms with van der Waals surface area (Å²) in [5.74, 6) is -0.197. The number of hydrogen-bond acceptors (Lipinski definition) is 2. The number of benzene rings is 2. The molecule has 0 saturated heterocycles. The van der Waals surface area contributed by atoms with E-state index in [-0.39, 0.29) is 6.04 Å². The normalized spacial score (nSPS) is 24.2. The van der Waals surface area contributed by atoms with Crippen LogP contribution in [0.25, 0.3) is 0 Å². The quantitative estimate of drug-likeness (QED) is 0.742. The van der Waals surface area contributed by atoms with Gasteiger partial charge in [0.25, 0.3) is 0 Å². The number of aryl methyl sites for hydroxylation is 1. The Labute approximate surface area is 146 Å². The zero-order valence-electron chi connectivity index (χ0n) is 13.3. The van der Waals surface area contributed by atoms with Crippen molar-refractivity contribution < 1.29 is 9.90 Å². The van der Waals surface area contributed by atoms with E-state index in [1.165, 1.54) is 11.1 Å². The van der Waals surface area contributed by atoms with Crippen LogP contribution in [-0.2, 0) is 0 Å². The van der Waals surface area contributed by atoms with Crippen LogP contribution < -0.4 is 5.32 Å². The maximum absolute atomic E-state index is 11.1. The number of carbonyl (C=O) groups is 1. The van der Waals surface area contributed by atoms with Gasteiger partial charge in [0.15, 0.2) is 0 Å². The first kappa shape index (κ1) is 15.3. The number of rotatable bonds is 2. The molecule has 2 N–H and O–H groups in total. The van der Waals surface area contributed by atoms with Crippen LogP contribution in [0.3, 0.4) is 0 Å². The highest BCUT2D eigenvalue weighted by Crippen LogP contribution is 2.52. The van der Waals surface area contributed by atoms with E-state index in [1.54, 1.807) is 12.1 Å². The molecule has 0 radical (unpaired) electrons. The van der Waals surface area contributed by atoms with Crippen molar-refractivity contribution in [3.63, 3.8) is 0 Å². The number of fused-ring (bicyclic) bond motifs is 3. The van der Waals surface area contributed by atoms with Crippen LogP contribution in [0.4, 0.5) is 5.69 Å². The van der Waals surface area contributed by atoms with Crippen LogP contribution in [0.2, 0.25) is 5.02 Å². The monoisotopic (exact) mass is 339 g/mol. The number of aromatic carboxylic acids is 1. The van der Waals surface area contributed by atoms with Gasteiger partial charge >= 0.3 is 5.97 Å². The summed E-state index contributed by atoms with van der Waals surface area (Å²) in [4.78, 5) is 11.1. The van der Waals surface area contributed by atoms with Gasteiger partial charge in [-0.2, -0.15) is 0 Å². The zero-order chi connectivity index (χ0) is 16.8. The first-order chi connectivity index (χ1) is 11.6. The number of carboxylic acids is 1. The number of nitrogens with one attached hydrogen (secondary N) is 1. The van der Waals surface area contributed by atoms with Crippen molar-refractivity contribution in [2.75, 3.05) is 5.32 Å². The van der Waals surface area contributed by atoms with Gasteiger partial charge in [-0.15, -0.1) is 0 Å². The first-order valence-corrected chi connectivity index (χ1v) is 8.49. The largest absolute Gasteiger partial charge is 0.478 e. The molecule has 1 aliphatic carbocycles. The molecule has 3 atom stereocenters. The summed E-state index contributed by atoms with van der Waals surface area (Å²) in [6.45, 7) is 2.09. The molecule has 0 bridgehead atoms. The van der Waals surface area contributed by atoms with E-state index in [0.717, 1.165) is 22.7 Å². The van der Waals surface area contributed by atoms with Crippen molar-refractivity contribution in [2.24, 2.45) is 5.92 Å². The summed E-state index contributed by atoms with van der Waals surface area (Å²) in [5.41, 5.74) is 4.91. The molecule has 2 aliphatic rings. The maximum atomic E-state index is 11.1.